The van der Waals surface area contributed by atoms with Gasteiger partial charge < -0.3 is 9.80 Å². The smallest absolute Gasteiger partial charge is 0.302 e. The van der Waals surface area contributed by atoms with Gasteiger partial charge >= 0.3 is 10.2 Å². The summed E-state index contributed by atoms with van der Waals surface area (Å²) in [6, 6.07) is 6.45. The maximum Gasteiger partial charge on any atom is 0.302 e. The molecule has 0 aliphatic carbocycles. The Kier molecular flexibility index (Phi) is 4.50. The molecule has 1 aliphatic rings. The van der Waals surface area contributed by atoms with E-state index >= 15 is 0 Å². The summed E-state index contributed by atoms with van der Waals surface area (Å²) < 4.78 is 34.1. The maximum atomic E-state index is 12.7. The van der Waals surface area contributed by atoms with Crippen molar-refractivity contribution >= 4 is 27.7 Å². The number of nitrogens with zero attached hydrogens (tertiary/aromatic N) is 2. The number of rotatable bonds is 4. The lowest BCUT2D eigenvalue weighted by molar-refractivity contribution is -0.117. The molecule has 1 aromatic carbocycles. The van der Waals surface area contributed by atoms with Gasteiger partial charge in [-0.05, 0) is 24.3 Å². The third kappa shape index (κ3) is 3.82. The average molecular weight is 328 g/mol. The monoisotopic (exact) mass is 328 g/mol. The van der Waals surface area contributed by atoms with Crippen LogP contribution in [-0.2, 0) is 15.0 Å². The highest BCUT2D eigenvalue weighted by atomic mass is 32.3. The van der Waals surface area contributed by atoms with Gasteiger partial charge in [-0.25, -0.2) is 0 Å². The predicted octanol–water partition coefficient (Wildman–Crippen LogP) is 1.04. The van der Waals surface area contributed by atoms with E-state index < -0.39 is 21.9 Å². The molecular weight excluding hydrogens is 311 g/mol. The molecule has 22 heavy (non-hydrogen) atoms. The zero-order chi connectivity index (χ0) is 16.5. The van der Waals surface area contributed by atoms with Crippen molar-refractivity contribution in [3.05, 3.63) is 29.8 Å². The molecule has 1 unspecified atom stereocenters. The van der Waals surface area contributed by atoms with E-state index in [-0.39, 0.29) is 24.8 Å². The Morgan fingerprint density at radius 3 is 2.41 bits per heavy atom. The van der Waals surface area contributed by atoms with Gasteiger partial charge in [0.05, 0.1) is 5.75 Å². The molecule has 0 radical (unpaired) electrons. The van der Waals surface area contributed by atoms with Crippen LogP contribution in [-0.4, -0.2) is 51.5 Å². The van der Waals surface area contributed by atoms with Crippen LogP contribution in [0.2, 0.25) is 0 Å². The summed E-state index contributed by atoms with van der Waals surface area (Å²) in [5, 5.41) is 0. The lowest BCUT2D eigenvalue weighted by Crippen LogP contribution is -2.26. The maximum absolute atomic E-state index is 12.7. The highest BCUT2D eigenvalue weighted by molar-refractivity contribution is 7.86. The average Bonchev–Trinajstić information content (AvgIpc) is 2.76. The molecule has 0 spiro atoms. The first-order valence-electron chi connectivity index (χ1n) is 6.72. The van der Waals surface area contributed by atoms with Gasteiger partial charge in [0.15, 0.2) is 0 Å². The zero-order valence-electron chi connectivity index (χ0n) is 12.3. The van der Waals surface area contributed by atoms with Crippen molar-refractivity contribution in [3.63, 3.8) is 0 Å². The van der Waals surface area contributed by atoms with E-state index in [0.717, 1.165) is 0 Å². The van der Waals surface area contributed by atoms with Gasteiger partial charge in [0.2, 0.25) is 5.91 Å². The van der Waals surface area contributed by atoms with Crippen LogP contribution in [0.15, 0.2) is 24.3 Å². The Labute approximate surface area is 128 Å². The first kappa shape index (κ1) is 16.4. The standard InChI is InChI=1S/C14H17FN2O4S/c1-16(2)14(19)11-3-5-12(6-4-11)17-8-10(7-13(17)18)9-22(15,20)21/h3-6,10H,7-9H2,1-2H3. The van der Waals surface area contributed by atoms with Crippen LogP contribution in [0.1, 0.15) is 16.8 Å². The molecule has 0 bridgehead atoms. The fourth-order valence-electron chi connectivity index (χ4n) is 2.47. The Balaban J connectivity index is 2.12. The molecule has 8 heteroatoms. The van der Waals surface area contributed by atoms with Crippen molar-refractivity contribution < 1.29 is 21.9 Å². The van der Waals surface area contributed by atoms with Crippen molar-refractivity contribution in [2.45, 2.75) is 6.42 Å². The fraction of sp³-hybridized carbons (Fsp3) is 0.429. The van der Waals surface area contributed by atoms with Crippen LogP contribution >= 0.6 is 0 Å². The van der Waals surface area contributed by atoms with E-state index in [9.17, 15) is 21.9 Å². The second kappa shape index (κ2) is 6.04. The van der Waals surface area contributed by atoms with E-state index in [1.165, 1.54) is 9.80 Å². The van der Waals surface area contributed by atoms with Crippen molar-refractivity contribution in [1.82, 2.24) is 4.90 Å². The Morgan fingerprint density at radius 1 is 1.32 bits per heavy atom. The number of hydrogen-bond donors (Lipinski definition) is 0. The Morgan fingerprint density at radius 2 is 1.91 bits per heavy atom. The Bertz CT molecular complexity index is 685. The van der Waals surface area contributed by atoms with Crippen molar-refractivity contribution in [2.24, 2.45) is 5.92 Å². The number of carbonyl (C=O) groups is 2. The van der Waals surface area contributed by atoms with Crippen molar-refractivity contribution in [1.29, 1.82) is 0 Å². The van der Waals surface area contributed by atoms with E-state index in [0.29, 0.717) is 11.3 Å². The van der Waals surface area contributed by atoms with Gasteiger partial charge in [-0.15, -0.1) is 3.89 Å². The summed E-state index contributed by atoms with van der Waals surface area (Å²) in [5.74, 6) is -1.60. The van der Waals surface area contributed by atoms with Crippen LogP contribution in [0.3, 0.4) is 0 Å². The normalized spacial score (nSPS) is 18.6. The molecule has 0 aromatic heterocycles. The molecule has 2 amide bonds. The molecule has 1 saturated heterocycles. The molecule has 0 saturated carbocycles. The SMILES string of the molecule is CN(C)C(=O)c1ccc(N2CC(CS(=O)(=O)F)CC2=O)cc1. The molecule has 1 heterocycles. The van der Waals surface area contributed by atoms with E-state index in [2.05, 4.69) is 0 Å². The molecule has 1 aromatic rings. The lowest BCUT2D eigenvalue weighted by Gasteiger charge is -2.17. The zero-order valence-corrected chi connectivity index (χ0v) is 13.1. The second-order valence-corrected chi connectivity index (χ2v) is 6.94. The number of benzene rings is 1. The highest BCUT2D eigenvalue weighted by Crippen LogP contribution is 2.26. The summed E-state index contributed by atoms with van der Waals surface area (Å²) in [4.78, 5) is 26.6. The van der Waals surface area contributed by atoms with Gasteiger partial charge in [-0.1, -0.05) is 0 Å². The summed E-state index contributed by atoms with van der Waals surface area (Å²) >= 11 is 0. The van der Waals surface area contributed by atoms with E-state index in [4.69, 9.17) is 0 Å². The molecule has 120 valence electrons. The van der Waals surface area contributed by atoms with Crippen LogP contribution in [0.25, 0.3) is 0 Å². The molecular formula is C14H17FN2O4S. The van der Waals surface area contributed by atoms with Crippen LogP contribution < -0.4 is 4.90 Å². The third-order valence-corrected chi connectivity index (χ3v) is 4.34. The summed E-state index contributed by atoms with van der Waals surface area (Å²) in [6.07, 6.45) is 0.00152. The number of carbonyl (C=O) groups excluding carboxylic acids is 2. The molecule has 1 aliphatic heterocycles. The predicted molar refractivity (Wildman–Crippen MR) is 79.8 cm³/mol. The molecule has 6 nitrogen and oxygen atoms in total. The van der Waals surface area contributed by atoms with Gasteiger partial charge in [0, 0.05) is 44.2 Å². The van der Waals surface area contributed by atoms with Crippen LogP contribution in [0.5, 0.6) is 0 Å². The quantitative estimate of drug-likeness (QED) is 0.774. The number of anilines is 1. The number of halogens is 1. The summed E-state index contributed by atoms with van der Waals surface area (Å²) in [7, 11) is -1.31. The lowest BCUT2D eigenvalue weighted by atomic mass is 10.1. The van der Waals surface area contributed by atoms with E-state index in [1.807, 2.05) is 0 Å². The van der Waals surface area contributed by atoms with Gasteiger partial charge in [-0.3, -0.25) is 9.59 Å². The Hall–Kier alpha value is -1.96. The largest absolute Gasteiger partial charge is 0.345 e. The molecule has 2 rings (SSSR count). The van der Waals surface area contributed by atoms with Crippen LogP contribution in [0, 0.1) is 5.92 Å². The minimum atomic E-state index is -4.59. The first-order chi connectivity index (χ1) is 10.2. The first-order valence-corrected chi connectivity index (χ1v) is 8.27. The molecule has 1 fully saturated rings. The summed E-state index contributed by atoms with van der Waals surface area (Å²) in [6.45, 7) is 0.156. The summed E-state index contributed by atoms with van der Waals surface area (Å²) in [5.41, 5.74) is 1.06. The van der Waals surface area contributed by atoms with Gasteiger partial charge in [-0.2, -0.15) is 8.42 Å². The third-order valence-electron chi connectivity index (χ3n) is 3.47. The van der Waals surface area contributed by atoms with Crippen LogP contribution in [0.4, 0.5) is 9.57 Å². The number of hydrogen-bond acceptors (Lipinski definition) is 4. The molecule has 1 atom stereocenters. The minimum absolute atomic E-state index is 0.00152. The van der Waals surface area contributed by atoms with Gasteiger partial charge in [0.25, 0.3) is 5.91 Å². The fourth-order valence-corrected chi connectivity index (χ4v) is 3.25. The second-order valence-electron chi connectivity index (χ2n) is 5.53. The van der Waals surface area contributed by atoms with Gasteiger partial charge in [0.1, 0.15) is 0 Å². The molecule has 0 N–H and O–H groups in total. The minimum Gasteiger partial charge on any atom is -0.345 e. The van der Waals surface area contributed by atoms with E-state index in [1.54, 1.807) is 38.4 Å². The van der Waals surface area contributed by atoms with Crippen molar-refractivity contribution in [3.8, 4) is 0 Å². The number of amides is 2. The topological polar surface area (TPSA) is 74.8 Å². The highest BCUT2D eigenvalue weighted by Gasteiger charge is 2.33. The van der Waals surface area contributed by atoms with Crippen molar-refractivity contribution in [2.75, 3.05) is 31.3 Å².